The quantitative estimate of drug-likeness (QED) is 0.567. The summed E-state index contributed by atoms with van der Waals surface area (Å²) in [5.74, 6) is 1.68. The number of rotatable bonds is 6. The molecule has 0 aliphatic carbocycles. The van der Waals surface area contributed by atoms with Gasteiger partial charge in [0.2, 0.25) is 5.91 Å². The van der Waals surface area contributed by atoms with Crippen LogP contribution < -0.4 is 15.0 Å². The van der Waals surface area contributed by atoms with Gasteiger partial charge in [-0.15, -0.1) is 0 Å². The largest absolute Gasteiger partial charge is 0.497 e. The summed E-state index contributed by atoms with van der Waals surface area (Å²) in [6.45, 7) is 3.17. The van der Waals surface area contributed by atoms with E-state index in [1.807, 2.05) is 72.9 Å². The summed E-state index contributed by atoms with van der Waals surface area (Å²) in [7, 11) is 1.63. The summed E-state index contributed by atoms with van der Waals surface area (Å²) in [6.07, 6.45) is 1.82. The Labute approximate surface area is 191 Å². The van der Waals surface area contributed by atoms with Gasteiger partial charge in [-0.3, -0.25) is 9.69 Å². The Bertz CT molecular complexity index is 988. The average molecular weight is 481 g/mol. The maximum Gasteiger partial charge on any atom is 0.246 e. The van der Waals surface area contributed by atoms with E-state index in [0.29, 0.717) is 0 Å². The Kier molecular flexibility index (Phi) is 6.84. The molecule has 6 nitrogen and oxygen atoms in total. The molecule has 1 fully saturated rings. The first-order valence-electron chi connectivity index (χ1n) is 10.2. The summed E-state index contributed by atoms with van der Waals surface area (Å²) in [6, 6.07) is 21.0. The molecule has 3 aromatic rings. The van der Waals surface area contributed by atoms with Gasteiger partial charge in [0.15, 0.2) is 0 Å². The van der Waals surface area contributed by atoms with Crippen LogP contribution in [0.2, 0.25) is 0 Å². The van der Waals surface area contributed by atoms with Gasteiger partial charge in [0.05, 0.1) is 7.11 Å². The molecule has 0 bridgehead atoms. The van der Waals surface area contributed by atoms with Crippen molar-refractivity contribution >= 4 is 33.3 Å². The fraction of sp³-hybridized carbons (Fsp3) is 0.250. The van der Waals surface area contributed by atoms with E-state index in [9.17, 15) is 4.79 Å². The molecule has 7 heteroatoms. The number of pyridine rings is 1. The summed E-state index contributed by atoms with van der Waals surface area (Å²) >= 11 is 3.43. The molecule has 0 radical (unpaired) electrons. The van der Waals surface area contributed by atoms with Crippen LogP contribution in [0, 0.1) is 0 Å². The number of hydrogen-bond donors (Lipinski definition) is 1. The number of amides is 1. The molecule has 31 heavy (non-hydrogen) atoms. The molecule has 2 aromatic carbocycles. The van der Waals surface area contributed by atoms with E-state index in [4.69, 9.17) is 4.74 Å². The van der Waals surface area contributed by atoms with E-state index in [1.54, 1.807) is 7.11 Å². The van der Waals surface area contributed by atoms with Crippen molar-refractivity contribution in [2.24, 2.45) is 0 Å². The molecule has 160 valence electrons. The number of hydrogen-bond acceptors (Lipinski definition) is 5. The summed E-state index contributed by atoms with van der Waals surface area (Å²) < 4.78 is 6.17. The Morgan fingerprint density at radius 2 is 1.71 bits per heavy atom. The SMILES string of the molecule is COc1ccc(NC(=O)C(c2ccccc2)N2CCN(c3ccc(Br)cn3)CC2)cc1. The van der Waals surface area contributed by atoms with Gasteiger partial charge in [0.1, 0.15) is 17.6 Å². The molecule has 1 aliphatic rings. The predicted molar refractivity (Wildman–Crippen MR) is 127 cm³/mol. The molecule has 1 N–H and O–H groups in total. The van der Waals surface area contributed by atoms with Gasteiger partial charge in [-0.05, 0) is 57.9 Å². The number of nitrogens with one attached hydrogen (secondary N) is 1. The number of halogens is 1. The zero-order chi connectivity index (χ0) is 21.6. The van der Waals surface area contributed by atoms with Crippen LogP contribution in [0.4, 0.5) is 11.5 Å². The molecule has 1 aromatic heterocycles. The predicted octanol–water partition coefficient (Wildman–Crippen LogP) is 4.35. The molecule has 1 aliphatic heterocycles. The first kappa shape index (κ1) is 21.3. The Morgan fingerprint density at radius 1 is 1.00 bits per heavy atom. The molecule has 0 saturated carbocycles. The van der Waals surface area contributed by atoms with Crippen LogP contribution in [0.3, 0.4) is 0 Å². The Morgan fingerprint density at radius 3 is 2.32 bits per heavy atom. The molecule has 1 amide bonds. The number of carbonyl (C=O) groups is 1. The number of anilines is 2. The third kappa shape index (κ3) is 5.24. The highest BCUT2D eigenvalue weighted by atomic mass is 79.9. The van der Waals surface area contributed by atoms with Gasteiger partial charge in [0, 0.05) is 42.5 Å². The first-order valence-corrected chi connectivity index (χ1v) is 11.0. The summed E-state index contributed by atoms with van der Waals surface area (Å²) in [4.78, 5) is 22.3. The smallest absolute Gasteiger partial charge is 0.246 e. The minimum absolute atomic E-state index is 0.0356. The lowest BCUT2D eigenvalue weighted by Gasteiger charge is -2.39. The van der Waals surface area contributed by atoms with Crippen LogP contribution in [-0.2, 0) is 4.79 Å². The zero-order valence-electron chi connectivity index (χ0n) is 17.4. The highest BCUT2D eigenvalue weighted by Gasteiger charge is 2.30. The molecule has 1 unspecified atom stereocenters. The molecular weight excluding hydrogens is 456 g/mol. The van der Waals surface area contributed by atoms with Crippen LogP contribution in [0.15, 0.2) is 77.4 Å². The van der Waals surface area contributed by atoms with E-state index in [0.717, 1.165) is 53.5 Å². The monoisotopic (exact) mass is 480 g/mol. The fourth-order valence-electron chi connectivity index (χ4n) is 3.81. The second kappa shape index (κ2) is 9.94. The lowest BCUT2D eigenvalue weighted by Crippen LogP contribution is -2.50. The number of nitrogens with zero attached hydrogens (tertiary/aromatic N) is 3. The Balaban J connectivity index is 1.49. The van der Waals surface area contributed by atoms with Crippen molar-refractivity contribution in [3.05, 3.63) is 83.0 Å². The van der Waals surface area contributed by atoms with Gasteiger partial charge in [-0.25, -0.2) is 4.98 Å². The van der Waals surface area contributed by atoms with Crippen LogP contribution in [0.5, 0.6) is 5.75 Å². The van der Waals surface area contributed by atoms with Crippen LogP contribution in [-0.4, -0.2) is 49.1 Å². The maximum absolute atomic E-state index is 13.3. The van der Waals surface area contributed by atoms with Gasteiger partial charge < -0.3 is 15.0 Å². The number of ether oxygens (including phenoxy) is 1. The average Bonchev–Trinajstić information content (AvgIpc) is 2.81. The zero-order valence-corrected chi connectivity index (χ0v) is 19.0. The first-order chi connectivity index (χ1) is 15.1. The summed E-state index contributed by atoms with van der Waals surface area (Å²) in [5.41, 5.74) is 1.74. The fourth-order valence-corrected chi connectivity index (χ4v) is 4.05. The molecule has 2 heterocycles. The van der Waals surface area contributed by atoms with Crippen molar-refractivity contribution in [2.75, 3.05) is 43.5 Å². The van der Waals surface area contributed by atoms with Crippen molar-refractivity contribution in [1.29, 1.82) is 0 Å². The van der Waals surface area contributed by atoms with Gasteiger partial charge in [-0.2, -0.15) is 0 Å². The minimum Gasteiger partial charge on any atom is -0.497 e. The lowest BCUT2D eigenvalue weighted by molar-refractivity contribution is -0.121. The van der Waals surface area contributed by atoms with Crippen molar-refractivity contribution in [2.45, 2.75) is 6.04 Å². The van der Waals surface area contributed by atoms with Crippen molar-refractivity contribution < 1.29 is 9.53 Å². The van der Waals surface area contributed by atoms with Gasteiger partial charge in [0.25, 0.3) is 0 Å². The maximum atomic E-state index is 13.3. The van der Waals surface area contributed by atoms with Crippen molar-refractivity contribution in [3.63, 3.8) is 0 Å². The number of benzene rings is 2. The van der Waals surface area contributed by atoms with Gasteiger partial charge in [-0.1, -0.05) is 30.3 Å². The van der Waals surface area contributed by atoms with Crippen LogP contribution >= 0.6 is 15.9 Å². The number of aromatic nitrogens is 1. The number of methoxy groups -OCH3 is 1. The standard InChI is InChI=1S/C24H25BrN4O2/c1-31-21-10-8-20(9-11-21)27-24(30)23(18-5-3-2-4-6-18)29-15-13-28(14-16-29)22-12-7-19(25)17-26-22/h2-12,17,23H,13-16H2,1H3,(H,27,30). The van der Waals surface area contributed by atoms with Crippen LogP contribution in [0.25, 0.3) is 0 Å². The van der Waals surface area contributed by atoms with Crippen molar-refractivity contribution in [3.8, 4) is 5.75 Å². The van der Waals surface area contributed by atoms with E-state index in [1.165, 1.54) is 0 Å². The number of piperazine rings is 1. The van der Waals surface area contributed by atoms with Crippen LogP contribution in [0.1, 0.15) is 11.6 Å². The molecule has 1 atom stereocenters. The second-order valence-electron chi connectivity index (χ2n) is 7.39. The highest BCUT2D eigenvalue weighted by molar-refractivity contribution is 9.10. The van der Waals surface area contributed by atoms with E-state index in [-0.39, 0.29) is 11.9 Å². The normalized spacial score (nSPS) is 15.4. The minimum atomic E-state index is -0.358. The van der Waals surface area contributed by atoms with Gasteiger partial charge >= 0.3 is 0 Å². The third-order valence-corrected chi connectivity index (χ3v) is 5.91. The molecule has 1 saturated heterocycles. The molecule has 0 spiro atoms. The molecule has 4 rings (SSSR count). The second-order valence-corrected chi connectivity index (χ2v) is 8.30. The van der Waals surface area contributed by atoms with E-state index >= 15 is 0 Å². The molecular formula is C24H25BrN4O2. The third-order valence-electron chi connectivity index (χ3n) is 5.44. The van der Waals surface area contributed by atoms with Crippen molar-refractivity contribution in [1.82, 2.24) is 9.88 Å². The van der Waals surface area contributed by atoms with E-state index in [2.05, 4.69) is 36.0 Å². The topological polar surface area (TPSA) is 57.7 Å². The number of carbonyl (C=O) groups excluding carboxylic acids is 1. The lowest BCUT2D eigenvalue weighted by atomic mass is 10.0. The Hall–Kier alpha value is -2.90. The summed E-state index contributed by atoms with van der Waals surface area (Å²) in [5, 5.41) is 3.07. The van der Waals surface area contributed by atoms with E-state index < -0.39 is 0 Å². The highest BCUT2D eigenvalue weighted by Crippen LogP contribution is 2.26.